The second-order valence-corrected chi connectivity index (χ2v) is 3.11. The van der Waals surface area contributed by atoms with Crippen LogP contribution < -0.4 is 0 Å². The highest BCUT2D eigenvalue weighted by Crippen LogP contribution is 2.15. The van der Waals surface area contributed by atoms with Gasteiger partial charge in [0.05, 0.1) is 6.54 Å². The topological polar surface area (TPSA) is 30.7 Å². The summed E-state index contributed by atoms with van der Waals surface area (Å²) in [6.07, 6.45) is 1.75. The van der Waals surface area contributed by atoms with Crippen molar-refractivity contribution in [3.8, 4) is 0 Å². The summed E-state index contributed by atoms with van der Waals surface area (Å²) >= 11 is 5.81. The van der Waals surface area contributed by atoms with Crippen molar-refractivity contribution in [2.75, 3.05) is 0 Å². The van der Waals surface area contributed by atoms with E-state index in [2.05, 4.69) is 16.8 Å². The Morgan fingerprint density at radius 1 is 1.38 bits per heavy atom. The van der Waals surface area contributed by atoms with Crippen molar-refractivity contribution in [1.82, 2.24) is 15.0 Å². The lowest BCUT2D eigenvalue weighted by Crippen LogP contribution is -1.98. The van der Waals surface area contributed by atoms with Crippen LogP contribution in [0.15, 0.2) is 30.9 Å². The zero-order chi connectivity index (χ0) is 9.26. The molecular weight excluding hydrogens is 186 g/mol. The molecule has 0 fully saturated rings. The van der Waals surface area contributed by atoms with Gasteiger partial charge in [0.2, 0.25) is 0 Å². The summed E-state index contributed by atoms with van der Waals surface area (Å²) in [5.74, 6) is 0. The lowest BCUT2D eigenvalue weighted by molar-refractivity contribution is 0.612. The van der Waals surface area contributed by atoms with Gasteiger partial charge in [-0.1, -0.05) is 17.7 Å². The Hall–Kier alpha value is -1.35. The number of hydrogen-bond donors (Lipinski definition) is 0. The molecular formula is C9H8ClN3. The SMILES string of the molecule is C=CCn1nc2ccc(Cl)cc2n1. The number of halogens is 1. The summed E-state index contributed by atoms with van der Waals surface area (Å²) in [6, 6.07) is 5.45. The van der Waals surface area contributed by atoms with E-state index in [0.29, 0.717) is 11.6 Å². The summed E-state index contributed by atoms with van der Waals surface area (Å²) in [6.45, 7) is 4.23. The Bertz CT molecular complexity index is 447. The first-order valence-corrected chi connectivity index (χ1v) is 4.28. The lowest BCUT2D eigenvalue weighted by Gasteiger charge is -1.87. The van der Waals surface area contributed by atoms with E-state index >= 15 is 0 Å². The Morgan fingerprint density at radius 2 is 2.15 bits per heavy atom. The van der Waals surface area contributed by atoms with Crippen LogP contribution in [0.4, 0.5) is 0 Å². The largest absolute Gasteiger partial charge is 0.180 e. The summed E-state index contributed by atoms with van der Waals surface area (Å²) in [4.78, 5) is 1.59. The number of allylic oxidation sites excluding steroid dienone is 1. The molecule has 0 N–H and O–H groups in total. The molecule has 1 aromatic heterocycles. The summed E-state index contributed by atoms with van der Waals surface area (Å²) in [5, 5.41) is 9.11. The maximum atomic E-state index is 5.81. The minimum atomic E-state index is 0.617. The highest BCUT2D eigenvalue weighted by atomic mass is 35.5. The molecule has 66 valence electrons. The van der Waals surface area contributed by atoms with Crippen LogP contribution in [0, 0.1) is 0 Å². The van der Waals surface area contributed by atoms with Crippen LogP contribution in [-0.2, 0) is 6.54 Å². The van der Waals surface area contributed by atoms with Gasteiger partial charge in [0.15, 0.2) is 0 Å². The fourth-order valence-corrected chi connectivity index (χ4v) is 1.30. The quantitative estimate of drug-likeness (QED) is 0.685. The zero-order valence-corrected chi connectivity index (χ0v) is 7.70. The molecule has 0 saturated heterocycles. The molecule has 0 aliphatic carbocycles. The van der Waals surface area contributed by atoms with Crippen molar-refractivity contribution >= 4 is 22.6 Å². The molecule has 0 aliphatic heterocycles. The molecule has 0 amide bonds. The van der Waals surface area contributed by atoms with Gasteiger partial charge in [0.25, 0.3) is 0 Å². The average molecular weight is 194 g/mol. The van der Waals surface area contributed by atoms with Gasteiger partial charge in [-0.05, 0) is 18.2 Å². The van der Waals surface area contributed by atoms with Crippen molar-refractivity contribution < 1.29 is 0 Å². The minimum absolute atomic E-state index is 0.617. The minimum Gasteiger partial charge on any atom is -0.180 e. The number of benzene rings is 1. The van der Waals surface area contributed by atoms with Crippen molar-refractivity contribution in [2.24, 2.45) is 0 Å². The standard InChI is InChI=1S/C9H8ClN3/c1-2-5-13-11-8-4-3-7(10)6-9(8)12-13/h2-4,6H,1,5H2. The van der Waals surface area contributed by atoms with Gasteiger partial charge >= 0.3 is 0 Å². The van der Waals surface area contributed by atoms with Gasteiger partial charge in [0.1, 0.15) is 11.0 Å². The highest BCUT2D eigenvalue weighted by Gasteiger charge is 2.00. The number of rotatable bonds is 2. The van der Waals surface area contributed by atoms with Gasteiger partial charge in [-0.25, -0.2) is 0 Å². The molecule has 13 heavy (non-hydrogen) atoms. The lowest BCUT2D eigenvalue weighted by atomic mass is 10.3. The van der Waals surface area contributed by atoms with E-state index in [1.807, 2.05) is 6.07 Å². The van der Waals surface area contributed by atoms with Crippen LogP contribution in [-0.4, -0.2) is 15.0 Å². The van der Waals surface area contributed by atoms with Crippen molar-refractivity contribution in [1.29, 1.82) is 0 Å². The fourth-order valence-electron chi connectivity index (χ4n) is 1.13. The van der Waals surface area contributed by atoms with Crippen molar-refractivity contribution in [2.45, 2.75) is 6.54 Å². The molecule has 0 spiro atoms. The maximum absolute atomic E-state index is 5.81. The monoisotopic (exact) mass is 193 g/mol. The number of aromatic nitrogens is 3. The first kappa shape index (κ1) is 8.26. The van der Waals surface area contributed by atoms with Crippen LogP contribution >= 0.6 is 11.6 Å². The number of hydrogen-bond acceptors (Lipinski definition) is 2. The molecule has 0 aliphatic rings. The Balaban J connectivity index is 2.55. The van der Waals surface area contributed by atoms with Gasteiger partial charge < -0.3 is 0 Å². The Morgan fingerprint density at radius 3 is 2.92 bits per heavy atom. The van der Waals surface area contributed by atoms with Gasteiger partial charge in [-0.3, -0.25) is 0 Å². The maximum Gasteiger partial charge on any atom is 0.114 e. The van der Waals surface area contributed by atoms with Crippen LogP contribution in [0.1, 0.15) is 0 Å². The van der Waals surface area contributed by atoms with Crippen LogP contribution in [0.2, 0.25) is 5.02 Å². The van der Waals surface area contributed by atoms with Crippen LogP contribution in [0.3, 0.4) is 0 Å². The van der Waals surface area contributed by atoms with Crippen molar-refractivity contribution in [3.63, 3.8) is 0 Å². The Labute approximate surface area is 80.6 Å². The second kappa shape index (κ2) is 3.18. The summed E-state index contributed by atoms with van der Waals surface area (Å²) in [5.41, 5.74) is 1.67. The molecule has 0 radical (unpaired) electrons. The van der Waals surface area contributed by atoms with Crippen LogP contribution in [0.5, 0.6) is 0 Å². The predicted molar refractivity (Wildman–Crippen MR) is 52.7 cm³/mol. The van der Waals surface area contributed by atoms with E-state index in [9.17, 15) is 0 Å². The second-order valence-electron chi connectivity index (χ2n) is 2.68. The average Bonchev–Trinajstić information content (AvgIpc) is 2.46. The molecule has 0 saturated carbocycles. The van der Waals surface area contributed by atoms with E-state index in [-0.39, 0.29) is 0 Å². The summed E-state index contributed by atoms with van der Waals surface area (Å²) < 4.78 is 0. The molecule has 3 nitrogen and oxygen atoms in total. The van der Waals surface area contributed by atoms with E-state index in [4.69, 9.17) is 11.6 Å². The summed E-state index contributed by atoms with van der Waals surface area (Å²) in [7, 11) is 0. The molecule has 0 unspecified atom stereocenters. The molecule has 1 heterocycles. The van der Waals surface area contributed by atoms with E-state index in [1.54, 1.807) is 23.0 Å². The van der Waals surface area contributed by atoms with Gasteiger partial charge in [0, 0.05) is 5.02 Å². The third kappa shape index (κ3) is 1.55. The molecule has 1 aromatic carbocycles. The number of nitrogens with zero attached hydrogens (tertiary/aromatic N) is 3. The smallest absolute Gasteiger partial charge is 0.114 e. The Kier molecular flexibility index (Phi) is 2.02. The van der Waals surface area contributed by atoms with E-state index in [0.717, 1.165) is 11.0 Å². The molecule has 2 rings (SSSR count). The number of fused-ring (bicyclic) bond motifs is 1. The first-order valence-electron chi connectivity index (χ1n) is 3.91. The van der Waals surface area contributed by atoms with E-state index < -0.39 is 0 Å². The third-order valence-corrected chi connectivity index (χ3v) is 1.91. The zero-order valence-electron chi connectivity index (χ0n) is 6.94. The third-order valence-electron chi connectivity index (χ3n) is 1.68. The van der Waals surface area contributed by atoms with Crippen molar-refractivity contribution in [3.05, 3.63) is 35.9 Å². The normalized spacial score (nSPS) is 10.5. The fraction of sp³-hybridized carbons (Fsp3) is 0.111. The molecule has 0 bridgehead atoms. The molecule has 2 aromatic rings. The first-order chi connectivity index (χ1) is 6.29. The predicted octanol–water partition coefficient (Wildman–Crippen LogP) is 2.27. The molecule has 4 heteroatoms. The van der Waals surface area contributed by atoms with Gasteiger partial charge in [-0.15, -0.1) is 6.58 Å². The van der Waals surface area contributed by atoms with Crippen LogP contribution in [0.25, 0.3) is 11.0 Å². The van der Waals surface area contributed by atoms with E-state index in [1.165, 1.54) is 0 Å². The molecule has 0 atom stereocenters. The highest BCUT2D eigenvalue weighted by molar-refractivity contribution is 6.31. The van der Waals surface area contributed by atoms with Gasteiger partial charge in [-0.2, -0.15) is 15.0 Å².